The van der Waals surface area contributed by atoms with E-state index in [1.807, 2.05) is 0 Å². The molecular formula is C10H21N3O2S. The molecule has 2 aliphatic rings. The van der Waals surface area contributed by atoms with E-state index >= 15 is 0 Å². The molecule has 2 heterocycles. The lowest BCUT2D eigenvalue weighted by Gasteiger charge is -2.31. The van der Waals surface area contributed by atoms with Crippen LogP contribution in [0.3, 0.4) is 0 Å². The predicted octanol–water partition coefficient (Wildman–Crippen LogP) is -0.683. The van der Waals surface area contributed by atoms with Crippen molar-refractivity contribution >= 4 is 10.0 Å². The van der Waals surface area contributed by atoms with E-state index in [4.69, 9.17) is 0 Å². The van der Waals surface area contributed by atoms with Gasteiger partial charge in [-0.3, -0.25) is 4.90 Å². The van der Waals surface area contributed by atoms with Crippen LogP contribution >= 0.6 is 0 Å². The largest absolute Gasteiger partial charge is 0.314 e. The Morgan fingerprint density at radius 2 is 1.75 bits per heavy atom. The molecule has 6 heteroatoms. The third-order valence-electron chi connectivity index (χ3n) is 3.33. The molecule has 2 fully saturated rings. The topological polar surface area (TPSA) is 52.7 Å². The lowest BCUT2D eigenvalue weighted by atomic mass is 10.3. The van der Waals surface area contributed by atoms with Crippen LogP contribution < -0.4 is 5.32 Å². The van der Waals surface area contributed by atoms with E-state index in [1.54, 1.807) is 4.31 Å². The molecule has 5 nitrogen and oxygen atoms in total. The van der Waals surface area contributed by atoms with E-state index in [0.29, 0.717) is 18.8 Å². The van der Waals surface area contributed by atoms with Crippen LogP contribution in [-0.2, 0) is 10.0 Å². The Kier molecular flexibility index (Phi) is 4.18. The molecule has 2 rings (SSSR count). The fraction of sp³-hybridized carbons (Fsp3) is 1.00. The van der Waals surface area contributed by atoms with Crippen LogP contribution in [0.15, 0.2) is 0 Å². The van der Waals surface area contributed by atoms with E-state index in [2.05, 4.69) is 10.2 Å². The van der Waals surface area contributed by atoms with Crippen molar-refractivity contribution in [2.24, 2.45) is 0 Å². The second kappa shape index (κ2) is 5.44. The first kappa shape index (κ1) is 12.3. The van der Waals surface area contributed by atoms with Gasteiger partial charge in [0.15, 0.2) is 0 Å². The van der Waals surface area contributed by atoms with E-state index in [-0.39, 0.29) is 0 Å². The fourth-order valence-corrected chi connectivity index (χ4v) is 3.87. The van der Waals surface area contributed by atoms with Crippen molar-refractivity contribution in [3.8, 4) is 0 Å². The Labute approximate surface area is 97.8 Å². The molecule has 0 bridgehead atoms. The van der Waals surface area contributed by atoms with Crippen LogP contribution in [0, 0.1) is 0 Å². The summed E-state index contributed by atoms with van der Waals surface area (Å²) in [5.74, 6) is 0.342. The van der Waals surface area contributed by atoms with Crippen molar-refractivity contribution in [2.45, 2.75) is 12.8 Å². The summed E-state index contributed by atoms with van der Waals surface area (Å²) in [6, 6.07) is 0. The smallest absolute Gasteiger partial charge is 0.214 e. The molecule has 0 saturated carbocycles. The molecule has 0 unspecified atom stereocenters. The quantitative estimate of drug-likeness (QED) is 0.718. The molecule has 0 aromatic heterocycles. The van der Waals surface area contributed by atoms with Gasteiger partial charge in [0.2, 0.25) is 10.0 Å². The highest BCUT2D eigenvalue weighted by Gasteiger charge is 2.25. The van der Waals surface area contributed by atoms with Crippen molar-refractivity contribution in [3.05, 3.63) is 0 Å². The number of nitrogens with zero attached hydrogens (tertiary/aromatic N) is 2. The van der Waals surface area contributed by atoms with E-state index in [1.165, 1.54) is 0 Å². The van der Waals surface area contributed by atoms with Gasteiger partial charge in [-0.15, -0.1) is 0 Å². The van der Waals surface area contributed by atoms with Crippen molar-refractivity contribution in [1.29, 1.82) is 0 Å². The summed E-state index contributed by atoms with van der Waals surface area (Å²) in [5.41, 5.74) is 0. The van der Waals surface area contributed by atoms with E-state index < -0.39 is 10.0 Å². The summed E-state index contributed by atoms with van der Waals surface area (Å²) in [5, 5.41) is 3.30. The van der Waals surface area contributed by atoms with Crippen LogP contribution in [0.1, 0.15) is 12.8 Å². The first-order chi connectivity index (χ1) is 7.68. The van der Waals surface area contributed by atoms with Gasteiger partial charge in [0.05, 0.1) is 5.75 Å². The molecule has 1 N–H and O–H groups in total. The zero-order chi connectivity index (χ0) is 11.4. The number of nitrogens with one attached hydrogen (secondary N) is 1. The summed E-state index contributed by atoms with van der Waals surface area (Å²) >= 11 is 0. The van der Waals surface area contributed by atoms with Crippen LogP contribution in [0.5, 0.6) is 0 Å². The molecule has 16 heavy (non-hydrogen) atoms. The Hall–Kier alpha value is -0.170. The Balaban J connectivity index is 1.79. The SMILES string of the molecule is O=S1(=O)CCCCN1CCN1CCNCC1. The van der Waals surface area contributed by atoms with Crippen LogP contribution in [0.25, 0.3) is 0 Å². The normalized spacial score (nSPS) is 28.0. The van der Waals surface area contributed by atoms with Gasteiger partial charge >= 0.3 is 0 Å². The molecule has 0 aromatic carbocycles. The molecule has 2 saturated heterocycles. The number of piperazine rings is 1. The second-order valence-electron chi connectivity index (χ2n) is 4.51. The standard InChI is InChI=1S/C10H21N3O2S/c14-16(15)10-2-1-5-13(16)9-8-12-6-3-11-4-7-12/h11H,1-10H2. The molecule has 0 aliphatic carbocycles. The van der Waals surface area contributed by atoms with Crippen molar-refractivity contribution in [1.82, 2.24) is 14.5 Å². The highest BCUT2D eigenvalue weighted by atomic mass is 32.2. The zero-order valence-corrected chi connectivity index (χ0v) is 10.5. The van der Waals surface area contributed by atoms with Crippen LogP contribution in [0.2, 0.25) is 0 Å². The fourth-order valence-electron chi connectivity index (χ4n) is 2.28. The maximum Gasteiger partial charge on any atom is 0.214 e. The molecule has 0 spiro atoms. The molecule has 0 amide bonds. The summed E-state index contributed by atoms with van der Waals surface area (Å²) in [6.07, 6.45) is 1.84. The van der Waals surface area contributed by atoms with Gasteiger partial charge in [-0.2, -0.15) is 0 Å². The highest BCUT2D eigenvalue weighted by Crippen LogP contribution is 2.13. The lowest BCUT2D eigenvalue weighted by Crippen LogP contribution is -2.48. The Morgan fingerprint density at radius 1 is 1.00 bits per heavy atom. The number of hydrogen-bond donors (Lipinski definition) is 1. The minimum Gasteiger partial charge on any atom is -0.314 e. The molecule has 0 atom stereocenters. The van der Waals surface area contributed by atoms with Gasteiger partial charge in [-0.1, -0.05) is 0 Å². The minimum absolute atomic E-state index is 0.342. The summed E-state index contributed by atoms with van der Waals surface area (Å²) in [4.78, 5) is 2.33. The first-order valence-corrected chi connectivity index (χ1v) is 7.70. The zero-order valence-electron chi connectivity index (χ0n) is 9.69. The van der Waals surface area contributed by atoms with Crippen LogP contribution in [-0.4, -0.2) is 69.2 Å². The van der Waals surface area contributed by atoms with E-state index in [0.717, 1.165) is 45.6 Å². The van der Waals surface area contributed by atoms with Crippen molar-refractivity contribution < 1.29 is 8.42 Å². The number of rotatable bonds is 3. The van der Waals surface area contributed by atoms with Crippen molar-refractivity contribution in [2.75, 3.05) is 51.6 Å². The molecule has 0 aromatic rings. The molecular weight excluding hydrogens is 226 g/mol. The third-order valence-corrected chi connectivity index (χ3v) is 5.28. The Morgan fingerprint density at radius 3 is 2.44 bits per heavy atom. The number of hydrogen-bond acceptors (Lipinski definition) is 4. The van der Waals surface area contributed by atoms with Gasteiger partial charge in [-0.05, 0) is 12.8 Å². The van der Waals surface area contributed by atoms with Crippen molar-refractivity contribution in [3.63, 3.8) is 0 Å². The molecule has 94 valence electrons. The average molecular weight is 247 g/mol. The van der Waals surface area contributed by atoms with Gasteiger partial charge < -0.3 is 5.32 Å². The van der Waals surface area contributed by atoms with Crippen LogP contribution in [0.4, 0.5) is 0 Å². The summed E-state index contributed by atoms with van der Waals surface area (Å²) < 4.78 is 25.2. The second-order valence-corrected chi connectivity index (χ2v) is 6.60. The first-order valence-electron chi connectivity index (χ1n) is 6.09. The van der Waals surface area contributed by atoms with Gasteiger partial charge in [0.25, 0.3) is 0 Å². The van der Waals surface area contributed by atoms with E-state index in [9.17, 15) is 8.42 Å². The number of sulfonamides is 1. The summed E-state index contributed by atoms with van der Waals surface area (Å²) in [7, 11) is -2.93. The third kappa shape index (κ3) is 3.16. The maximum absolute atomic E-state index is 11.7. The summed E-state index contributed by atoms with van der Waals surface area (Å²) in [6.45, 7) is 6.37. The van der Waals surface area contributed by atoms with Gasteiger partial charge in [0.1, 0.15) is 0 Å². The predicted molar refractivity (Wildman–Crippen MR) is 63.9 cm³/mol. The Bertz CT molecular complexity index is 312. The lowest BCUT2D eigenvalue weighted by molar-refractivity contribution is 0.221. The average Bonchev–Trinajstić information content (AvgIpc) is 2.28. The minimum atomic E-state index is -2.93. The van der Waals surface area contributed by atoms with Gasteiger partial charge in [-0.25, -0.2) is 12.7 Å². The molecule has 0 radical (unpaired) electrons. The van der Waals surface area contributed by atoms with Gasteiger partial charge in [0, 0.05) is 45.8 Å². The monoisotopic (exact) mass is 247 g/mol. The maximum atomic E-state index is 11.7. The molecule has 2 aliphatic heterocycles. The highest BCUT2D eigenvalue weighted by molar-refractivity contribution is 7.89.